The van der Waals surface area contributed by atoms with E-state index >= 15 is 0 Å². The summed E-state index contributed by atoms with van der Waals surface area (Å²) < 4.78 is 5.13. The second-order valence-corrected chi connectivity index (χ2v) is 5.00. The van der Waals surface area contributed by atoms with Gasteiger partial charge in [0.25, 0.3) is 0 Å². The van der Waals surface area contributed by atoms with Crippen molar-refractivity contribution < 1.29 is 4.74 Å². The van der Waals surface area contributed by atoms with Crippen molar-refractivity contribution in [1.29, 1.82) is 0 Å². The Kier molecular flexibility index (Phi) is 6.65. The zero-order valence-corrected chi connectivity index (χ0v) is 11.9. The molecule has 1 atom stereocenters. The van der Waals surface area contributed by atoms with E-state index < -0.39 is 0 Å². The Morgan fingerprint density at radius 3 is 2.78 bits per heavy atom. The predicted molar refractivity (Wildman–Crippen MR) is 73.8 cm³/mol. The molecule has 0 aromatic carbocycles. The molecule has 0 bridgehead atoms. The van der Waals surface area contributed by atoms with Gasteiger partial charge in [-0.1, -0.05) is 20.8 Å². The fourth-order valence-corrected chi connectivity index (χ4v) is 1.97. The first-order chi connectivity index (χ1) is 8.65. The van der Waals surface area contributed by atoms with Crippen LogP contribution >= 0.6 is 0 Å². The number of methoxy groups -OCH3 is 1. The van der Waals surface area contributed by atoms with Gasteiger partial charge >= 0.3 is 0 Å². The van der Waals surface area contributed by atoms with Crippen LogP contribution in [-0.4, -0.2) is 29.7 Å². The van der Waals surface area contributed by atoms with E-state index in [9.17, 15) is 0 Å². The standard InChI is InChI=1S/C14H25N3O/c1-5-7-15-12(9-11(2)3)10-13-16-8-6-14(17-13)18-4/h6,8,11-12,15H,5,7,9-10H2,1-4H3. The van der Waals surface area contributed by atoms with Crippen molar-refractivity contribution in [1.82, 2.24) is 15.3 Å². The van der Waals surface area contributed by atoms with E-state index in [4.69, 9.17) is 4.74 Å². The van der Waals surface area contributed by atoms with E-state index in [-0.39, 0.29) is 0 Å². The number of hydrogen-bond donors (Lipinski definition) is 1. The zero-order valence-electron chi connectivity index (χ0n) is 11.9. The summed E-state index contributed by atoms with van der Waals surface area (Å²) in [6, 6.07) is 2.22. The predicted octanol–water partition coefficient (Wildman–Crippen LogP) is 2.44. The maximum Gasteiger partial charge on any atom is 0.216 e. The monoisotopic (exact) mass is 251 g/mol. The number of nitrogens with zero attached hydrogens (tertiary/aromatic N) is 2. The van der Waals surface area contributed by atoms with Crippen LogP contribution < -0.4 is 10.1 Å². The van der Waals surface area contributed by atoms with Crippen LogP contribution in [0.3, 0.4) is 0 Å². The van der Waals surface area contributed by atoms with E-state index in [1.54, 1.807) is 19.4 Å². The van der Waals surface area contributed by atoms with Gasteiger partial charge in [0.1, 0.15) is 5.82 Å². The van der Waals surface area contributed by atoms with Gasteiger partial charge in [0.05, 0.1) is 7.11 Å². The fraction of sp³-hybridized carbons (Fsp3) is 0.714. The first kappa shape index (κ1) is 14.9. The smallest absolute Gasteiger partial charge is 0.216 e. The minimum absolute atomic E-state index is 0.442. The SMILES string of the molecule is CCCNC(Cc1nccc(OC)n1)CC(C)C. The average molecular weight is 251 g/mol. The summed E-state index contributed by atoms with van der Waals surface area (Å²) in [6.45, 7) is 7.71. The minimum Gasteiger partial charge on any atom is -0.481 e. The van der Waals surface area contributed by atoms with Crippen LogP contribution in [-0.2, 0) is 6.42 Å². The van der Waals surface area contributed by atoms with Crippen molar-refractivity contribution >= 4 is 0 Å². The number of hydrogen-bond acceptors (Lipinski definition) is 4. The highest BCUT2D eigenvalue weighted by Crippen LogP contribution is 2.11. The zero-order chi connectivity index (χ0) is 13.4. The minimum atomic E-state index is 0.442. The van der Waals surface area contributed by atoms with Crippen LogP contribution in [0.1, 0.15) is 39.4 Å². The number of aromatic nitrogens is 2. The van der Waals surface area contributed by atoms with Crippen molar-refractivity contribution in [2.24, 2.45) is 5.92 Å². The molecule has 1 rings (SSSR count). The highest BCUT2D eigenvalue weighted by Gasteiger charge is 2.13. The van der Waals surface area contributed by atoms with E-state index in [0.717, 1.165) is 31.6 Å². The molecule has 0 amide bonds. The topological polar surface area (TPSA) is 47.0 Å². The van der Waals surface area contributed by atoms with E-state index in [0.29, 0.717) is 17.8 Å². The molecule has 1 aromatic heterocycles. The normalized spacial score (nSPS) is 12.7. The lowest BCUT2D eigenvalue weighted by Crippen LogP contribution is -2.33. The molecular weight excluding hydrogens is 226 g/mol. The summed E-state index contributed by atoms with van der Waals surface area (Å²) in [6.07, 6.45) is 4.90. The molecule has 1 unspecified atom stereocenters. The second kappa shape index (κ2) is 8.03. The van der Waals surface area contributed by atoms with Crippen molar-refractivity contribution in [3.63, 3.8) is 0 Å². The van der Waals surface area contributed by atoms with Crippen molar-refractivity contribution in [2.75, 3.05) is 13.7 Å². The van der Waals surface area contributed by atoms with Gasteiger partial charge < -0.3 is 10.1 Å². The van der Waals surface area contributed by atoms with Gasteiger partial charge in [-0.2, -0.15) is 4.98 Å². The van der Waals surface area contributed by atoms with Crippen LogP contribution in [0.5, 0.6) is 5.88 Å². The Labute approximate surface area is 110 Å². The molecule has 18 heavy (non-hydrogen) atoms. The fourth-order valence-electron chi connectivity index (χ4n) is 1.97. The molecule has 1 N–H and O–H groups in total. The van der Waals surface area contributed by atoms with E-state index in [1.165, 1.54) is 0 Å². The van der Waals surface area contributed by atoms with Gasteiger partial charge in [0.2, 0.25) is 5.88 Å². The van der Waals surface area contributed by atoms with Gasteiger partial charge in [-0.15, -0.1) is 0 Å². The number of nitrogens with one attached hydrogen (secondary N) is 1. The Hall–Kier alpha value is -1.16. The van der Waals surface area contributed by atoms with Crippen LogP contribution in [0.15, 0.2) is 12.3 Å². The summed E-state index contributed by atoms with van der Waals surface area (Å²) >= 11 is 0. The Morgan fingerprint density at radius 2 is 2.17 bits per heavy atom. The third kappa shape index (κ3) is 5.45. The van der Waals surface area contributed by atoms with Crippen LogP contribution in [0, 0.1) is 5.92 Å². The molecule has 0 spiro atoms. The largest absolute Gasteiger partial charge is 0.481 e. The van der Waals surface area contributed by atoms with Gasteiger partial charge in [0.15, 0.2) is 0 Å². The third-order valence-electron chi connectivity index (χ3n) is 2.76. The maximum atomic E-state index is 5.13. The van der Waals surface area contributed by atoms with Crippen molar-refractivity contribution in [3.05, 3.63) is 18.1 Å². The first-order valence-corrected chi connectivity index (χ1v) is 6.75. The van der Waals surface area contributed by atoms with Gasteiger partial charge in [-0.05, 0) is 25.3 Å². The van der Waals surface area contributed by atoms with Crippen LogP contribution in [0.4, 0.5) is 0 Å². The van der Waals surface area contributed by atoms with Crippen molar-refractivity contribution in [3.8, 4) is 5.88 Å². The van der Waals surface area contributed by atoms with Crippen molar-refractivity contribution in [2.45, 2.75) is 46.1 Å². The summed E-state index contributed by atoms with van der Waals surface area (Å²) in [4.78, 5) is 8.68. The molecular formula is C14H25N3O. The maximum absolute atomic E-state index is 5.13. The Balaban J connectivity index is 2.62. The molecule has 1 heterocycles. The molecule has 4 heteroatoms. The molecule has 0 aliphatic heterocycles. The van der Waals surface area contributed by atoms with Gasteiger partial charge in [-0.3, -0.25) is 0 Å². The molecule has 0 aliphatic carbocycles. The molecule has 1 aromatic rings. The van der Waals surface area contributed by atoms with Crippen LogP contribution in [0.25, 0.3) is 0 Å². The lowest BCUT2D eigenvalue weighted by molar-refractivity contribution is 0.386. The molecule has 0 radical (unpaired) electrons. The molecule has 102 valence electrons. The lowest BCUT2D eigenvalue weighted by Gasteiger charge is -2.19. The average Bonchev–Trinajstić information content (AvgIpc) is 2.35. The molecule has 4 nitrogen and oxygen atoms in total. The van der Waals surface area contributed by atoms with Crippen LogP contribution in [0.2, 0.25) is 0 Å². The quantitative estimate of drug-likeness (QED) is 0.771. The lowest BCUT2D eigenvalue weighted by atomic mass is 10.0. The van der Waals surface area contributed by atoms with E-state index in [1.807, 2.05) is 0 Å². The molecule has 0 fully saturated rings. The van der Waals surface area contributed by atoms with E-state index in [2.05, 4.69) is 36.1 Å². The molecule has 0 saturated heterocycles. The number of ether oxygens (including phenoxy) is 1. The molecule has 0 saturated carbocycles. The highest BCUT2D eigenvalue weighted by atomic mass is 16.5. The summed E-state index contributed by atoms with van der Waals surface area (Å²) in [5, 5.41) is 3.57. The highest BCUT2D eigenvalue weighted by molar-refractivity contribution is 5.08. The molecule has 0 aliphatic rings. The Bertz CT molecular complexity index is 342. The summed E-state index contributed by atoms with van der Waals surface area (Å²) in [5.41, 5.74) is 0. The second-order valence-electron chi connectivity index (χ2n) is 5.00. The number of rotatable bonds is 8. The van der Waals surface area contributed by atoms with Gasteiger partial charge in [-0.25, -0.2) is 4.98 Å². The van der Waals surface area contributed by atoms with Gasteiger partial charge in [0, 0.05) is 24.7 Å². The third-order valence-corrected chi connectivity index (χ3v) is 2.76. The first-order valence-electron chi connectivity index (χ1n) is 6.75. The summed E-state index contributed by atoms with van der Waals surface area (Å²) in [5.74, 6) is 2.16. The Morgan fingerprint density at radius 1 is 1.39 bits per heavy atom. The summed E-state index contributed by atoms with van der Waals surface area (Å²) in [7, 11) is 1.63.